The number of ether oxygens (including phenoxy) is 1. The van der Waals surface area contributed by atoms with Gasteiger partial charge < -0.3 is 20.2 Å². The van der Waals surface area contributed by atoms with Gasteiger partial charge in [-0.1, -0.05) is 0 Å². The summed E-state index contributed by atoms with van der Waals surface area (Å²) >= 11 is 0. The van der Waals surface area contributed by atoms with E-state index in [-0.39, 0.29) is 11.4 Å². The zero-order valence-electron chi connectivity index (χ0n) is 12.3. The Labute approximate surface area is 132 Å². The van der Waals surface area contributed by atoms with E-state index in [4.69, 9.17) is 20.1 Å². The van der Waals surface area contributed by atoms with Gasteiger partial charge in [-0.25, -0.2) is 4.98 Å². The largest absolute Gasteiger partial charge is 0.480 e. The van der Waals surface area contributed by atoms with Gasteiger partial charge in [-0.05, 0) is 24.3 Å². The molecule has 0 saturated heterocycles. The fraction of sp³-hybridized carbons (Fsp3) is 0.0625. The number of benzene rings is 1. The molecule has 0 atom stereocenters. The number of hydrogen-bond donors (Lipinski definition) is 2. The van der Waals surface area contributed by atoms with Gasteiger partial charge in [-0.15, -0.1) is 0 Å². The number of nitrogens with two attached hydrogens (primary N) is 1. The molecule has 0 spiro atoms. The van der Waals surface area contributed by atoms with Crippen molar-refractivity contribution in [2.24, 2.45) is 0 Å². The number of methoxy groups -OCH3 is 1. The summed E-state index contributed by atoms with van der Waals surface area (Å²) in [6.45, 7) is 0. The number of nitrogen functional groups attached to an aromatic ring is 1. The van der Waals surface area contributed by atoms with Crippen LogP contribution in [-0.4, -0.2) is 17.1 Å². The maximum Gasteiger partial charge on any atom is 0.235 e. The number of pyridine rings is 1. The number of oxazole rings is 1. The fourth-order valence-corrected chi connectivity index (χ4v) is 2.09. The SMILES string of the molecule is COc1nc(Nc2ccc(-c3cnco3)cc2)cc(N)c1C#N. The number of hydrogen-bond acceptors (Lipinski definition) is 7. The molecule has 0 fully saturated rings. The molecule has 23 heavy (non-hydrogen) atoms. The molecule has 0 aliphatic heterocycles. The minimum Gasteiger partial charge on any atom is -0.480 e. The van der Waals surface area contributed by atoms with Crippen LogP contribution in [0.4, 0.5) is 17.2 Å². The highest BCUT2D eigenvalue weighted by Crippen LogP contribution is 2.27. The van der Waals surface area contributed by atoms with Crippen LogP contribution in [0.2, 0.25) is 0 Å². The third-order valence-electron chi connectivity index (χ3n) is 3.20. The Bertz CT molecular complexity index is 851. The summed E-state index contributed by atoms with van der Waals surface area (Å²) < 4.78 is 10.3. The highest BCUT2D eigenvalue weighted by Gasteiger charge is 2.11. The first-order valence-corrected chi connectivity index (χ1v) is 6.72. The zero-order valence-corrected chi connectivity index (χ0v) is 12.3. The van der Waals surface area contributed by atoms with E-state index in [2.05, 4.69) is 15.3 Å². The van der Waals surface area contributed by atoms with Gasteiger partial charge in [0.2, 0.25) is 5.88 Å². The summed E-state index contributed by atoms with van der Waals surface area (Å²) in [7, 11) is 1.44. The van der Waals surface area contributed by atoms with Gasteiger partial charge in [-0.3, -0.25) is 0 Å². The van der Waals surface area contributed by atoms with E-state index in [1.54, 1.807) is 12.3 Å². The average Bonchev–Trinajstić information content (AvgIpc) is 3.09. The summed E-state index contributed by atoms with van der Waals surface area (Å²) in [5, 5.41) is 12.2. The van der Waals surface area contributed by atoms with Gasteiger partial charge in [0, 0.05) is 17.3 Å². The molecule has 3 aromatic rings. The maximum absolute atomic E-state index is 9.05. The van der Waals surface area contributed by atoms with Crippen LogP contribution in [0.1, 0.15) is 5.56 Å². The molecule has 3 rings (SSSR count). The van der Waals surface area contributed by atoms with Crippen molar-refractivity contribution in [3.05, 3.63) is 48.5 Å². The lowest BCUT2D eigenvalue weighted by atomic mass is 10.1. The molecule has 7 nitrogen and oxygen atoms in total. The number of anilines is 3. The molecule has 2 heterocycles. The predicted molar refractivity (Wildman–Crippen MR) is 85.1 cm³/mol. The topological polar surface area (TPSA) is 110 Å². The van der Waals surface area contributed by atoms with E-state index in [0.29, 0.717) is 17.3 Å². The fourth-order valence-electron chi connectivity index (χ4n) is 2.09. The van der Waals surface area contributed by atoms with Crippen molar-refractivity contribution >= 4 is 17.2 Å². The first-order valence-electron chi connectivity index (χ1n) is 6.72. The number of nitrogens with zero attached hydrogens (tertiary/aromatic N) is 3. The third-order valence-corrected chi connectivity index (χ3v) is 3.20. The van der Waals surface area contributed by atoms with Crippen molar-refractivity contribution in [1.82, 2.24) is 9.97 Å². The minimum atomic E-state index is 0.188. The molecule has 0 aliphatic carbocycles. The second kappa shape index (κ2) is 6.07. The van der Waals surface area contributed by atoms with Crippen LogP contribution in [0.5, 0.6) is 5.88 Å². The van der Waals surface area contributed by atoms with Crippen LogP contribution in [0.3, 0.4) is 0 Å². The average molecular weight is 307 g/mol. The number of nitriles is 1. The molecule has 114 valence electrons. The Kier molecular flexibility index (Phi) is 3.80. The first kappa shape index (κ1) is 14.4. The quantitative estimate of drug-likeness (QED) is 0.762. The highest BCUT2D eigenvalue weighted by atomic mass is 16.5. The van der Waals surface area contributed by atoms with Gasteiger partial charge in [0.1, 0.15) is 17.5 Å². The molecule has 0 radical (unpaired) electrons. The number of rotatable bonds is 4. The summed E-state index contributed by atoms with van der Waals surface area (Å²) in [6, 6.07) is 11.1. The Balaban J connectivity index is 1.85. The Morgan fingerprint density at radius 2 is 2.09 bits per heavy atom. The van der Waals surface area contributed by atoms with Crippen LogP contribution < -0.4 is 15.8 Å². The van der Waals surface area contributed by atoms with Gasteiger partial charge in [-0.2, -0.15) is 10.2 Å². The predicted octanol–water partition coefficient (Wildman–Crippen LogP) is 2.94. The third kappa shape index (κ3) is 2.91. The van der Waals surface area contributed by atoms with Crippen LogP contribution in [0, 0.1) is 11.3 Å². The molecule has 1 aromatic carbocycles. The molecule has 0 amide bonds. The van der Waals surface area contributed by atoms with Crippen LogP contribution >= 0.6 is 0 Å². The molecular weight excluding hydrogens is 294 g/mol. The second-order valence-electron chi connectivity index (χ2n) is 4.66. The maximum atomic E-state index is 9.05. The van der Waals surface area contributed by atoms with Crippen molar-refractivity contribution in [3.63, 3.8) is 0 Å². The van der Waals surface area contributed by atoms with Crippen LogP contribution in [0.15, 0.2) is 47.3 Å². The molecule has 0 aliphatic rings. The van der Waals surface area contributed by atoms with E-state index in [9.17, 15) is 0 Å². The number of nitrogens with one attached hydrogen (secondary N) is 1. The van der Waals surface area contributed by atoms with E-state index >= 15 is 0 Å². The van der Waals surface area contributed by atoms with Crippen LogP contribution in [-0.2, 0) is 0 Å². The minimum absolute atomic E-state index is 0.188. The van der Waals surface area contributed by atoms with Gasteiger partial charge in [0.25, 0.3) is 0 Å². The van der Waals surface area contributed by atoms with Crippen LogP contribution in [0.25, 0.3) is 11.3 Å². The molecule has 2 aromatic heterocycles. The summed E-state index contributed by atoms with van der Waals surface area (Å²) in [4.78, 5) is 8.11. The number of aromatic nitrogens is 2. The van der Waals surface area contributed by atoms with Crippen molar-refractivity contribution < 1.29 is 9.15 Å². The van der Waals surface area contributed by atoms with Gasteiger partial charge >= 0.3 is 0 Å². The Morgan fingerprint density at radius 1 is 1.30 bits per heavy atom. The molecule has 0 bridgehead atoms. The van der Waals surface area contributed by atoms with Gasteiger partial charge in [0.15, 0.2) is 12.2 Å². The van der Waals surface area contributed by atoms with Crippen molar-refractivity contribution in [2.75, 3.05) is 18.2 Å². The standard InChI is InChI=1S/C16H13N5O2/c1-22-16-12(7-17)13(18)6-15(21-16)20-11-4-2-10(3-5-11)14-8-19-9-23-14/h2-6,8-9H,1H3,(H3,18,20,21). The van der Waals surface area contributed by atoms with Gasteiger partial charge in [0.05, 0.1) is 19.0 Å². The Hall–Kier alpha value is -3.53. The summed E-state index contributed by atoms with van der Waals surface area (Å²) in [5.41, 5.74) is 8.10. The lowest BCUT2D eigenvalue weighted by Crippen LogP contribution is -2.02. The lowest BCUT2D eigenvalue weighted by Gasteiger charge is -2.10. The molecular formula is C16H13N5O2. The zero-order chi connectivity index (χ0) is 16.2. The van der Waals surface area contributed by atoms with E-state index in [0.717, 1.165) is 11.3 Å². The van der Waals surface area contributed by atoms with Crippen molar-refractivity contribution in [2.45, 2.75) is 0 Å². The monoisotopic (exact) mass is 307 g/mol. The molecule has 0 unspecified atom stereocenters. The Morgan fingerprint density at radius 3 is 2.70 bits per heavy atom. The normalized spacial score (nSPS) is 10.1. The first-order chi connectivity index (χ1) is 11.2. The van der Waals surface area contributed by atoms with Crippen molar-refractivity contribution in [1.29, 1.82) is 5.26 Å². The van der Waals surface area contributed by atoms with E-state index in [1.165, 1.54) is 13.5 Å². The molecule has 3 N–H and O–H groups in total. The highest BCUT2D eigenvalue weighted by molar-refractivity contribution is 5.69. The molecule has 7 heteroatoms. The summed E-state index contributed by atoms with van der Waals surface area (Å²) in [6.07, 6.45) is 3.04. The van der Waals surface area contributed by atoms with E-state index in [1.807, 2.05) is 30.3 Å². The lowest BCUT2D eigenvalue weighted by molar-refractivity contribution is 0.397. The molecule has 0 saturated carbocycles. The summed E-state index contributed by atoms with van der Waals surface area (Å²) in [5.74, 6) is 1.37. The second-order valence-corrected chi connectivity index (χ2v) is 4.66. The van der Waals surface area contributed by atoms with Crippen molar-refractivity contribution in [3.8, 4) is 23.3 Å². The van der Waals surface area contributed by atoms with E-state index < -0.39 is 0 Å². The smallest absolute Gasteiger partial charge is 0.235 e.